The summed E-state index contributed by atoms with van der Waals surface area (Å²) in [5.41, 5.74) is 0. The van der Waals surface area contributed by atoms with Crippen LogP contribution in [0.3, 0.4) is 0 Å². The topological polar surface area (TPSA) is 108 Å². The van der Waals surface area contributed by atoms with Crippen LogP contribution in [0.25, 0.3) is 0 Å². The summed E-state index contributed by atoms with van der Waals surface area (Å²) in [4.78, 5) is 25.6. The quantitative estimate of drug-likeness (QED) is 0.0272. The molecule has 3 atom stereocenters. The van der Waals surface area contributed by atoms with Gasteiger partial charge in [-0.25, -0.2) is 0 Å². The Labute approximate surface area is 481 Å². The van der Waals surface area contributed by atoms with E-state index in [1.165, 1.54) is 283 Å². The maximum Gasteiger partial charge on any atom is 0.268 e. The summed E-state index contributed by atoms with van der Waals surface area (Å²) >= 11 is 0. The molecule has 0 spiro atoms. The molecular weight excluding hydrogens is 972 g/mol. The molecule has 8 nitrogen and oxygen atoms in total. The molecule has 0 saturated heterocycles. The van der Waals surface area contributed by atoms with Crippen molar-refractivity contribution in [1.82, 2.24) is 5.32 Å². The number of quaternary nitrogens is 1. The Morgan fingerprint density at radius 1 is 0.455 bits per heavy atom. The number of rotatable bonds is 64. The zero-order chi connectivity index (χ0) is 56.3. The van der Waals surface area contributed by atoms with E-state index in [0.29, 0.717) is 23.9 Å². The van der Waals surface area contributed by atoms with Gasteiger partial charge in [0.25, 0.3) is 7.82 Å². The zero-order valence-electron chi connectivity index (χ0n) is 52.4. The average molecular weight is 1110 g/mol. The average Bonchev–Trinajstić information content (AvgIpc) is 3.39. The number of aliphatic hydroxyl groups is 1. The lowest BCUT2D eigenvalue weighted by Gasteiger charge is -2.30. The Hall–Kier alpha value is -1.02. The van der Waals surface area contributed by atoms with Gasteiger partial charge in [-0.2, -0.15) is 0 Å². The summed E-state index contributed by atoms with van der Waals surface area (Å²) in [7, 11) is 1.32. The first-order valence-corrected chi connectivity index (χ1v) is 35.6. The van der Waals surface area contributed by atoms with E-state index in [0.717, 1.165) is 44.9 Å². The minimum absolute atomic E-state index is 0.0152. The molecule has 3 unspecified atom stereocenters. The molecule has 0 aromatic heterocycles. The summed E-state index contributed by atoms with van der Waals surface area (Å²) in [6, 6.07) is -0.799. The maximum absolute atomic E-state index is 13.0. The highest BCUT2D eigenvalue weighted by Crippen LogP contribution is 2.38. The SMILES string of the molecule is CCCCCCC/C=C\C/C=C\CCCCCCCCCCCCCCCCCCCCCCCC(=O)NC(COP(=O)([O-])OCC[N+](C)(C)C)C(O)CCCCCCCCCCCCCCCCCCCCCCCC. The fourth-order valence-corrected chi connectivity index (χ4v) is 11.3. The third-order valence-electron chi connectivity index (χ3n) is 15.9. The Balaban J connectivity index is 3.98. The van der Waals surface area contributed by atoms with E-state index in [1.54, 1.807) is 0 Å². The lowest BCUT2D eigenvalue weighted by molar-refractivity contribution is -0.870. The second-order valence-electron chi connectivity index (χ2n) is 24.9. The maximum atomic E-state index is 13.0. The summed E-state index contributed by atoms with van der Waals surface area (Å²) in [5, 5.41) is 14.1. The highest BCUT2D eigenvalue weighted by Gasteiger charge is 2.24. The lowest BCUT2D eigenvalue weighted by atomic mass is 10.0. The largest absolute Gasteiger partial charge is 0.756 e. The number of phosphoric ester groups is 1. The highest BCUT2D eigenvalue weighted by atomic mass is 31.2. The second-order valence-corrected chi connectivity index (χ2v) is 26.3. The molecule has 9 heteroatoms. The van der Waals surface area contributed by atoms with Gasteiger partial charge in [-0.3, -0.25) is 9.36 Å². The zero-order valence-corrected chi connectivity index (χ0v) is 53.3. The smallest absolute Gasteiger partial charge is 0.268 e. The number of nitrogens with zero attached hydrogens (tertiary/aromatic N) is 1. The number of aliphatic hydroxyl groups excluding tert-OH is 1. The summed E-state index contributed by atoms with van der Waals surface area (Å²) < 4.78 is 23.5. The molecule has 0 aliphatic heterocycles. The fraction of sp³-hybridized carbons (Fsp3) is 0.926. The predicted octanol–water partition coefficient (Wildman–Crippen LogP) is 20.9. The van der Waals surface area contributed by atoms with Crippen molar-refractivity contribution in [2.45, 2.75) is 366 Å². The molecule has 0 aliphatic rings. The van der Waals surface area contributed by atoms with Gasteiger partial charge in [-0.05, 0) is 44.9 Å². The molecular formula is C68H135N2O6P. The Bertz CT molecular complexity index is 1300. The van der Waals surface area contributed by atoms with Gasteiger partial charge in [0.2, 0.25) is 5.91 Å². The number of hydrogen-bond donors (Lipinski definition) is 2. The van der Waals surface area contributed by atoms with Crippen molar-refractivity contribution >= 4 is 13.7 Å². The van der Waals surface area contributed by atoms with E-state index in [2.05, 4.69) is 43.5 Å². The first kappa shape index (κ1) is 76.0. The van der Waals surface area contributed by atoms with E-state index in [-0.39, 0.29) is 19.1 Å². The molecule has 0 aromatic rings. The van der Waals surface area contributed by atoms with Crippen molar-refractivity contribution in [3.8, 4) is 0 Å². The number of amides is 1. The minimum atomic E-state index is -4.58. The number of unbranched alkanes of at least 4 members (excludes halogenated alkanes) is 47. The molecule has 0 heterocycles. The molecule has 1 amide bonds. The van der Waals surface area contributed by atoms with E-state index >= 15 is 0 Å². The first-order chi connectivity index (χ1) is 37.5. The number of allylic oxidation sites excluding steroid dienone is 4. The molecule has 0 saturated carbocycles. The Morgan fingerprint density at radius 3 is 1.08 bits per heavy atom. The van der Waals surface area contributed by atoms with Crippen molar-refractivity contribution in [2.24, 2.45) is 0 Å². The highest BCUT2D eigenvalue weighted by molar-refractivity contribution is 7.45. The van der Waals surface area contributed by atoms with Crippen LogP contribution in [0.5, 0.6) is 0 Å². The number of phosphoric acid groups is 1. The number of carbonyl (C=O) groups is 1. The van der Waals surface area contributed by atoms with E-state index in [9.17, 15) is 19.4 Å². The molecule has 0 rings (SSSR count). The van der Waals surface area contributed by atoms with Gasteiger partial charge in [-0.1, -0.05) is 327 Å². The van der Waals surface area contributed by atoms with Gasteiger partial charge in [0.05, 0.1) is 39.9 Å². The molecule has 0 fully saturated rings. The van der Waals surface area contributed by atoms with Crippen LogP contribution in [0.1, 0.15) is 354 Å². The molecule has 2 N–H and O–H groups in total. The number of nitrogens with one attached hydrogen (secondary N) is 1. The van der Waals surface area contributed by atoms with Crippen LogP contribution in [0.15, 0.2) is 24.3 Å². The van der Waals surface area contributed by atoms with E-state index in [4.69, 9.17) is 9.05 Å². The van der Waals surface area contributed by atoms with E-state index in [1.807, 2.05) is 21.1 Å². The molecule has 0 bridgehead atoms. The number of hydrogen-bond acceptors (Lipinski definition) is 6. The minimum Gasteiger partial charge on any atom is -0.756 e. The van der Waals surface area contributed by atoms with Crippen LogP contribution < -0.4 is 10.2 Å². The molecule has 0 radical (unpaired) electrons. The van der Waals surface area contributed by atoms with Gasteiger partial charge < -0.3 is 28.8 Å². The molecule has 0 aromatic carbocycles. The van der Waals surface area contributed by atoms with Crippen LogP contribution in [0.2, 0.25) is 0 Å². The molecule has 0 aliphatic carbocycles. The number of likely N-dealkylation sites (N-methyl/N-ethyl adjacent to an activating group) is 1. The fourth-order valence-electron chi connectivity index (χ4n) is 10.6. The van der Waals surface area contributed by atoms with Crippen molar-refractivity contribution in [1.29, 1.82) is 0 Å². The first-order valence-electron chi connectivity index (χ1n) is 34.2. The summed E-state index contributed by atoms with van der Waals surface area (Å²) in [6.45, 7) is 4.77. The van der Waals surface area contributed by atoms with E-state index < -0.39 is 20.0 Å². The monoisotopic (exact) mass is 1110 g/mol. The van der Waals surface area contributed by atoms with Crippen LogP contribution in [-0.2, 0) is 18.4 Å². The van der Waals surface area contributed by atoms with Gasteiger partial charge in [-0.15, -0.1) is 0 Å². The van der Waals surface area contributed by atoms with Crippen molar-refractivity contribution in [2.75, 3.05) is 40.9 Å². The number of carbonyl (C=O) groups excluding carboxylic acids is 1. The Kier molecular flexibility index (Phi) is 58.8. The van der Waals surface area contributed by atoms with Gasteiger partial charge in [0.15, 0.2) is 0 Å². The molecule has 77 heavy (non-hydrogen) atoms. The van der Waals surface area contributed by atoms with Crippen LogP contribution in [0.4, 0.5) is 0 Å². The van der Waals surface area contributed by atoms with Gasteiger partial charge in [0.1, 0.15) is 13.2 Å². The standard InChI is InChI=1S/C68H135N2O6P/c1-6-8-10-12-14-16-18-20-22-24-26-28-30-31-32-33-34-35-36-37-38-39-40-42-44-46-48-50-52-54-56-58-60-62-68(72)69-66(65-76-77(73,74)75-64-63-70(3,4)5)67(71)61-59-57-55-53-51-49-47-45-43-41-29-27-25-23-21-19-17-15-13-11-9-7-2/h18,20,24,26,66-67,71H,6-17,19,21-23,25,27-65H2,1-5H3,(H-,69,72,73,74)/b20-18-,26-24-. The van der Waals surface area contributed by atoms with Crippen molar-refractivity contribution < 1.29 is 32.9 Å². The predicted molar refractivity (Wildman–Crippen MR) is 335 cm³/mol. The lowest BCUT2D eigenvalue weighted by Crippen LogP contribution is -2.46. The van der Waals surface area contributed by atoms with Gasteiger partial charge in [0, 0.05) is 6.42 Å². The van der Waals surface area contributed by atoms with Crippen LogP contribution in [0, 0.1) is 0 Å². The van der Waals surface area contributed by atoms with Gasteiger partial charge >= 0.3 is 0 Å². The van der Waals surface area contributed by atoms with Crippen LogP contribution in [-0.4, -0.2) is 68.5 Å². The summed E-state index contributed by atoms with van der Waals surface area (Å²) in [6.07, 6.45) is 76.8. The third kappa shape index (κ3) is 62.4. The van der Waals surface area contributed by atoms with Crippen molar-refractivity contribution in [3.05, 3.63) is 24.3 Å². The Morgan fingerprint density at radius 2 is 0.753 bits per heavy atom. The molecule has 458 valence electrons. The van der Waals surface area contributed by atoms with Crippen LogP contribution >= 0.6 is 7.82 Å². The normalized spacial score (nSPS) is 13.8. The van der Waals surface area contributed by atoms with Crippen molar-refractivity contribution in [3.63, 3.8) is 0 Å². The summed E-state index contributed by atoms with van der Waals surface area (Å²) in [5.74, 6) is -0.156. The third-order valence-corrected chi connectivity index (χ3v) is 16.9. The second kappa shape index (κ2) is 59.6.